The van der Waals surface area contributed by atoms with Crippen LogP contribution in [0.15, 0.2) is 18.7 Å². The Morgan fingerprint density at radius 1 is 1.56 bits per heavy atom. The number of ether oxygens (including phenoxy) is 1. The van der Waals surface area contributed by atoms with Gasteiger partial charge in [0, 0.05) is 12.4 Å². The number of nitrogens with one attached hydrogen (secondary N) is 1. The summed E-state index contributed by atoms with van der Waals surface area (Å²) < 4.78 is 5.84. The molecule has 0 saturated carbocycles. The van der Waals surface area contributed by atoms with Crippen molar-refractivity contribution in [2.75, 3.05) is 6.61 Å². The molecule has 0 spiro atoms. The average molecular weight is 259 g/mol. The zero-order valence-electron chi connectivity index (χ0n) is 9.17. The molecule has 0 unspecified atom stereocenters. The highest BCUT2D eigenvalue weighted by atomic mass is 16.7. The van der Waals surface area contributed by atoms with Crippen molar-refractivity contribution in [3.05, 3.63) is 18.7 Å². The number of carbonyl (C=O) groups excluding carboxylic acids is 1. The van der Waals surface area contributed by atoms with Crippen LogP contribution in [-0.2, 0) is 4.74 Å². The molecule has 1 aromatic rings. The average Bonchev–Trinajstić information content (AvgIpc) is 2.93. The van der Waals surface area contributed by atoms with Crippen LogP contribution in [0.1, 0.15) is 0 Å². The van der Waals surface area contributed by atoms with Crippen molar-refractivity contribution in [2.24, 2.45) is 0 Å². The Bertz CT molecular complexity index is 424. The SMILES string of the molecule is O=C(N[C@]1(O)O[C@H](CO)[C@@H](O)[C@H]1O)n1ccnc1. The van der Waals surface area contributed by atoms with Crippen molar-refractivity contribution in [1.82, 2.24) is 14.9 Å². The van der Waals surface area contributed by atoms with E-state index in [0.717, 1.165) is 4.57 Å². The molecule has 1 amide bonds. The van der Waals surface area contributed by atoms with Crippen LogP contribution < -0.4 is 5.32 Å². The first-order valence-corrected chi connectivity index (χ1v) is 5.15. The first-order valence-electron chi connectivity index (χ1n) is 5.15. The molecule has 0 aromatic carbocycles. The summed E-state index contributed by atoms with van der Waals surface area (Å²) in [6.07, 6.45) is -0.626. The summed E-state index contributed by atoms with van der Waals surface area (Å²) in [7, 11) is 0. The maximum atomic E-state index is 11.6. The Kier molecular flexibility index (Phi) is 3.32. The van der Waals surface area contributed by atoms with E-state index in [1.165, 1.54) is 18.7 Å². The number of nitrogens with zero attached hydrogens (tertiary/aromatic N) is 2. The third kappa shape index (κ3) is 2.09. The van der Waals surface area contributed by atoms with Crippen LogP contribution in [0.4, 0.5) is 4.79 Å². The monoisotopic (exact) mass is 259 g/mol. The summed E-state index contributed by atoms with van der Waals surface area (Å²) in [4.78, 5) is 15.3. The number of aromatic nitrogens is 2. The Morgan fingerprint density at radius 2 is 2.28 bits per heavy atom. The van der Waals surface area contributed by atoms with Gasteiger partial charge in [-0.15, -0.1) is 0 Å². The second-order valence-electron chi connectivity index (χ2n) is 3.87. The van der Waals surface area contributed by atoms with E-state index in [1.807, 2.05) is 5.32 Å². The molecule has 1 aliphatic heterocycles. The second kappa shape index (κ2) is 4.63. The van der Waals surface area contributed by atoms with Crippen LogP contribution >= 0.6 is 0 Å². The minimum atomic E-state index is -2.46. The standard InChI is InChI=1S/C9H13N3O6/c13-3-5-6(14)7(15)9(17,18-5)11-8(16)12-2-1-10-4-12/h1-2,4-7,13-15,17H,3H2,(H,11,16)/t5-,6-,7-,9-/m1/s1. The van der Waals surface area contributed by atoms with E-state index in [-0.39, 0.29) is 0 Å². The molecule has 0 bridgehead atoms. The molecule has 4 atom stereocenters. The lowest BCUT2D eigenvalue weighted by molar-refractivity contribution is -0.242. The zero-order chi connectivity index (χ0) is 13.3. The molecule has 0 radical (unpaired) electrons. The summed E-state index contributed by atoms with van der Waals surface area (Å²) in [5.74, 6) is -2.46. The molecule has 2 rings (SSSR count). The van der Waals surface area contributed by atoms with Gasteiger partial charge in [0.15, 0.2) is 6.10 Å². The molecule has 100 valence electrons. The molecule has 9 heteroatoms. The van der Waals surface area contributed by atoms with Crippen molar-refractivity contribution in [3.63, 3.8) is 0 Å². The molecule has 18 heavy (non-hydrogen) atoms. The van der Waals surface area contributed by atoms with Gasteiger partial charge in [-0.05, 0) is 0 Å². The lowest BCUT2D eigenvalue weighted by atomic mass is 10.1. The number of hydrogen-bond acceptors (Lipinski definition) is 7. The summed E-state index contributed by atoms with van der Waals surface area (Å²) >= 11 is 0. The van der Waals surface area contributed by atoms with E-state index in [2.05, 4.69) is 4.98 Å². The van der Waals surface area contributed by atoms with E-state index in [9.17, 15) is 20.1 Å². The number of aliphatic hydroxyl groups is 4. The van der Waals surface area contributed by atoms with Gasteiger partial charge in [-0.25, -0.2) is 9.78 Å². The molecule has 1 saturated heterocycles. The third-order valence-corrected chi connectivity index (χ3v) is 2.64. The number of amides is 1. The van der Waals surface area contributed by atoms with E-state index in [0.29, 0.717) is 0 Å². The first kappa shape index (κ1) is 12.9. The Hall–Kier alpha value is -1.52. The number of aliphatic hydroxyl groups excluding tert-OH is 3. The van der Waals surface area contributed by atoms with Gasteiger partial charge in [-0.2, -0.15) is 0 Å². The van der Waals surface area contributed by atoms with Crippen LogP contribution in [0.5, 0.6) is 0 Å². The molecular weight excluding hydrogens is 246 g/mol. The molecule has 2 heterocycles. The van der Waals surface area contributed by atoms with Gasteiger partial charge in [0.05, 0.1) is 6.61 Å². The molecule has 9 nitrogen and oxygen atoms in total. The summed E-state index contributed by atoms with van der Waals surface area (Å²) in [5.41, 5.74) is 0. The highest BCUT2D eigenvalue weighted by Gasteiger charge is 2.54. The van der Waals surface area contributed by atoms with E-state index in [1.54, 1.807) is 0 Å². The maximum absolute atomic E-state index is 11.6. The zero-order valence-corrected chi connectivity index (χ0v) is 9.17. The summed E-state index contributed by atoms with van der Waals surface area (Å²) in [5, 5.41) is 39.8. The highest BCUT2D eigenvalue weighted by molar-refractivity contribution is 5.76. The van der Waals surface area contributed by atoms with Gasteiger partial charge < -0.3 is 25.2 Å². The molecular formula is C9H13N3O6. The lowest BCUT2D eigenvalue weighted by Gasteiger charge is -2.26. The van der Waals surface area contributed by atoms with Gasteiger partial charge in [0.2, 0.25) is 0 Å². The third-order valence-electron chi connectivity index (χ3n) is 2.64. The quantitative estimate of drug-likeness (QED) is 0.362. The fraction of sp³-hybridized carbons (Fsp3) is 0.556. The van der Waals surface area contributed by atoms with E-state index >= 15 is 0 Å². The number of carbonyl (C=O) groups is 1. The van der Waals surface area contributed by atoms with Crippen molar-refractivity contribution in [1.29, 1.82) is 0 Å². The van der Waals surface area contributed by atoms with Crippen molar-refractivity contribution >= 4 is 6.03 Å². The van der Waals surface area contributed by atoms with Gasteiger partial charge in [-0.1, -0.05) is 0 Å². The van der Waals surface area contributed by atoms with Crippen molar-refractivity contribution < 1.29 is 30.0 Å². The van der Waals surface area contributed by atoms with Gasteiger partial charge >= 0.3 is 6.03 Å². The molecule has 5 N–H and O–H groups in total. The fourth-order valence-electron chi connectivity index (χ4n) is 1.65. The molecule has 1 aliphatic rings. The predicted molar refractivity (Wildman–Crippen MR) is 55.1 cm³/mol. The molecule has 1 aromatic heterocycles. The second-order valence-corrected chi connectivity index (χ2v) is 3.87. The Labute approximate surface area is 101 Å². The number of hydrogen-bond donors (Lipinski definition) is 5. The Balaban J connectivity index is 2.11. The Morgan fingerprint density at radius 3 is 2.78 bits per heavy atom. The van der Waals surface area contributed by atoms with Crippen molar-refractivity contribution in [2.45, 2.75) is 24.2 Å². The number of imidazole rings is 1. The van der Waals surface area contributed by atoms with Crippen molar-refractivity contribution in [3.8, 4) is 0 Å². The minimum Gasteiger partial charge on any atom is -0.394 e. The van der Waals surface area contributed by atoms with Crippen LogP contribution in [0, 0.1) is 0 Å². The summed E-state index contributed by atoms with van der Waals surface area (Å²) in [6.45, 7) is -0.610. The van der Waals surface area contributed by atoms with Crippen LogP contribution in [-0.4, -0.2) is 66.8 Å². The van der Waals surface area contributed by atoms with E-state index in [4.69, 9.17) is 9.84 Å². The smallest absolute Gasteiger partial charge is 0.330 e. The van der Waals surface area contributed by atoms with E-state index < -0.39 is 36.9 Å². The van der Waals surface area contributed by atoms with Crippen LogP contribution in [0.3, 0.4) is 0 Å². The van der Waals surface area contributed by atoms with Gasteiger partial charge in [-0.3, -0.25) is 9.88 Å². The maximum Gasteiger partial charge on any atom is 0.330 e. The van der Waals surface area contributed by atoms with Gasteiger partial charge in [0.25, 0.3) is 5.91 Å². The topological polar surface area (TPSA) is 137 Å². The molecule has 1 fully saturated rings. The predicted octanol–water partition coefficient (Wildman–Crippen LogP) is -2.80. The van der Waals surface area contributed by atoms with Crippen LogP contribution in [0.25, 0.3) is 0 Å². The molecule has 0 aliphatic carbocycles. The normalized spacial score (nSPS) is 35.7. The summed E-state index contributed by atoms with van der Waals surface area (Å²) in [6, 6.07) is -0.806. The minimum absolute atomic E-state index is 0.610. The highest BCUT2D eigenvalue weighted by Crippen LogP contribution is 2.26. The fourth-order valence-corrected chi connectivity index (χ4v) is 1.65. The first-order chi connectivity index (χ1) is 8.48. The largest absolute Gasteiger partial charge is 0.394 e. The van der Waals surface area contributed by atoms with Gasteiger partial charge in [0.1, 0.15) is 18.5 Å². The van der Waals surface area contributed by atoms with Crippen LogP contribution in [0.2, 0.25) is 0 Å². The lowest BCUT2D eigenvalue weighted by Crippen LogP contribution is -2.57. The number of rotatable bonds is 2.